The summed E-state index contributed by atoms with van der Waals surface area (Å²) < 4.78 is 60.4. The lowest BCUT2D eigenvalue weighted by Crippen LogP contribution is -2.59. The van der Waals surface area contributed by atoms with E-state index in [2.05, 4.69) is 27.3 Å². The van der Waals surface area contributed by atoms with E-state index in [1.807, 2.05) is 19.1 Å². The van der Waals surface area contributed by atoms with Gasteiger partial charge in [0, 0.05) is 23.9 Å². The van der Waals surface area contributed by atoms with E-state index in [9.17, 15) is 27.6 Å². The molecule has 2 aromatic rings. The van der Waals surface area contributed by atoms with Crippen LogP contribution in [0.4, 0.5) is 9.18 Å². The van der Waals surface area contributed by atoms with Crippen LogP contribution in [0, 0.1) is 23.6 Å². The smallest absolute Gasteiger partial charge is 0.408 e. The van der Waals surface area contributed by atoms with Gasteiger partial charge in [0.1, 0.15) is 29.3 Å². The molecule has 4 amide bonds. The Morgan fingerprint density at radius 2 is 1.88 bits per heavy atom. The monoisotopic (exact) mass is 799 g/mol. The van der Waals surface area contributed by atoms with Gasteiger partial charge in [-0.15, -0.1) is 0 Å². The van der Waals surface area contributed by atoms with Gasteiger partial charge in [0.05, 0.1) is 18.4 Å². The molecule has 0 spiro atoms. The van der Waals surface area contributed by atoms with Gasteiger partial charge < -0.3 is 29.7 Å². The summed E-state index contributed by atoms with van der Waals surface area (Å²) in [6.07, 6.45) is 7.27. The maximum absolute atomic E-state index is 15.1. The number of rotatable bonds is 9. The number of pyridine rings is 1. The second-order valence-corrected chi connectivity index (χ2v) is 18.6. The average Bonchev–Trinajstić information content (AvgIpc) is 4.05. The number of benzene rings is 1. The number of hydrogen-bond donors (Lipinski definition) is 3. The van der Waals surface area contributed by atoms with Crippen molar-refractivity contribution in [1.29, 1.82) is 0 Å². The molecule has 1 saturated heterocycles. The van der Waals surface area contributed by atoms with Gasteiger partial charge in [-0.05, 0) is 102 Å². The number of allylic oxidation sites excluding steroid dienone is 1. The summed E-state index contributed by atoms with van der Waals surface area (Å²) in [6, 6.07) is 2.23. The normalized spacial score (nSPS) is 29.2. The number of sulfonamides is 1. The van der Waals surface area contributed by atoms with Crippen LogP contribution >= 0.6 is 0 Å². The lowest BCUT2D eigenvalue weighted by Gasteiger charge is -2.34. The SMILES string of the molecule is CCOc1cc2ccnc(O[C@@H]3C[C@H]4C(=O)N[C@]5(C(=O)NS(=O)(=O)C6CC6)CC5/C=C\CC[C@H](C)C[C@@H](CC)[C@H](NC(=O)OC(C)(C)C)C(=O)N4C3)c2cc1F. The number of alkyl carbamates (subject to hydrolysis) is 1. The lowest BCUT2D eigenvalue weighted by molar-refractivity contribution is -0.142. The van der Waals surface area contributed by atoms with Crippen LogP contribution in [0.5, 0.6) is 11.6 Å². The van der Waals surface area contributed by atoms with Crippen molar-refractivity contribution in [1.82, 2.24) is 25.2 Å². The Morgan fingerprint density at radius 1 is 1.12 bits per heavy atom. The number of nitrogens with one attached hydrogen (secondary N) is 3. The summed E-state index contributed by atoms with van der Waals surface area (Å²) in [5, 5.41) is 6.00. The molecule has 0 radical (unpaired) electrons. The zero-order chi connectivity index (χ0) is 40.6. The van der Waals surface area contributed by atoms with E-state index in [-0.39, 0.29) is 49.5 Å². The molecular formula is C40H54FN5O9S. The van der Waals surface area contributed by atoms with Crippen LogP contribution in [0.2, 0.25) is 0 Å². The predicted molar refractivity (Wildman–Crippen MR) is 206 cm³/mol. The van der Waals surface area contributed by atoms with E-state index in [0.717, 1.165) is 6.42 Å². The Bertz CT molecular complexity index is 1980. The molecule has 2 saturated carbocycles. The molecule has 0 bridgehead atoms. The van der Waals surface area contributed by atoms with Gasteiger partial charge in [-0.2, -0.15) is 0 Å². The number of carbonyl (C=O) groups is 4. The molecule has 3 fully saturated rings. The number of carbonyl (C=O) groups excluding carboxylic acids is 4. The fourth-order valence-corrected chi connectivity index (χ4v) is 9.18. The highest BCUT2D eigenvalue weighted by Gasteiger charge is 2.62. The van der Waals surface area contributed by atoms with Gasteiger partial charge in [0.15, 0.2) is 11.6 Å². The van der Waals surface area contributed by atoms with Crippen LogP contribution < -0.4 is 24.8 Å². The molecule has 6 rings (SSSR count). The Kier molecular flexibility index (Phi) is 11.9. The Morgan fingerprint density at radius 3 is 2.55 bits per heavy atom. The minimum absolute atomic E-state index is 0.0416. The molecule has 2 aliphatic heterocycles. The maximum atomic E-state index is 15.1. The largest absolute Gasteiger partial charge is 0.491 e. The predicted octanol–water partition coefficient (Wildman–Crippen LogP) is 4.90. The van der Waals surface area contributed by atoms with Crippen LogP contribution in [0.25, 0.3) is 10.8 Å². The average molecular weight is 800 g/mol. The van der Waals surface area contributed by atoms with Crippen molar-refractivity contribution in [2.45, 2.75) is 127 Å². The zero-order valence-corrected chi connectivity index (χ0v) is 33.7. The molecule has 56 heavy (non-hydrogen) atoms. The molecule has 2 aliphatic carbocycles. The minimum atomic E-state index is -3.93. The molecule has 3 N–H and O–H groups in total. The molecular weight excluding hydrogens is 746 g/mol. The molecule has 16 heteroatoms. The van der Waals surface area contributed by atoms with Gasteiger partial charge in [-0.1, -0.05) is 32.4 Å². The number of fused-ring (bicyclic) bond motifs is 3. The third-order valence-electron chi connectivity index (χ3n) is 11.0. The first kappa shape index (κ1) is 41.2. The minimum Gasteiger partial charge on any atom is -0.491 e. The Labute approximate surface area is 327 Å². The van der Waals surface area contributed by atoms with Crippen molar-refractivity contribution < 1.29 is 46.2 Å². The third kappa shape index (κ3) is 9.21. The summed E-state index contributed by atoms with van der Waals surface area (Å²) in [5.74, 6) is -3.15. The van der Waals surface area contributed by atoms with Crippen molar-refractivity contribution in [3.63, 3.8) is 0 Å². The molecule has 1 aromatic heterocycles. The lowest BCUT2D eigenvalue weighted by atomic mass is 9.85. The van der Waals surface area contributed by atoms with Crippen LogP contribution in [-0.4, -0.2) is 89.8 Å². The van der Waals surface area contributed by atoms with Crippen molar-refractivity contribution in [3.8, 4) is 11.6 Å². The highest BCUT2D eigenvalue weighted by Crippen LogP contribution is 2.46. The van der Waals surface area contributed by atoms with Gasteiger partial charge in [0.2, 0.25) is 27.7 Å². The van der Waals surface area contributed by atoms with E-state index in [1.165, 1.54) is 17.2 Å². The van der Waals surface area contributed by atoms with E-state index >= 15 is 4.39 Å². The Balaban J connectivity index is 1.36. The van der Waals surface area contributed by atoms with Crippen LogP contribution in [0.1, 0.15) is 92.9 Å². The third-order valence-corrected chi connectivity index (χ3v) is 12.8. The summed E-state index contributed by atoms with van der Waals surface area (Å²) in [4.78, 5) is 62.2. The number of aromatic nitrogens is 1. The van der Waals surface area contributed by atoms with E-state index in [4.69, 9.17) is 14.2 Å². The van der Waals surface area contributed by atoms with Crippen LogP contribution in [0.15, 0.2) is 36.5 Å². The highest BCUT2D eigenvalue weighted by atomic mass is 32.2. The zero-order valence-electron chi connectivity index (χ0n) is 32.9. The number of hydrogen-bond acceptors (Lipinski definition) is 10. The topological polar surface area (TPSA) is 182 Å². The van der Waals surface area contributed by atoms with Crippen LogP contribution in [0.3, 0.4) is 0 Å². The van der Waals surface area contributed by atoms with Gasteiger partial charge in [0.25, 0.3) is 5.91 Å². The second kappa shape index (κ2) is 16.2. The number of ether oxygens (including phenoxy) is 3. The van der Waals surface area contributed by atoms with Crippen molar-refractivity contribution >= 4 is 44.6 Å². The second-order valence-electron chi connectivity index (χ2n) is 16.6. The molecule has 7 atom stereocenters. The number of nitrogens with zero attached hydrogens (tertiary/aromatic N) is 2. The first-order valence-corrected chi connectivity index (χ1v) is 21.2. The summed E-state index contributed by atoms with van der Waals surface area (Å²) in [6.45, 7) is 11.1. The maximum Gasteiger partial charge on any atom is 0.408 e. The fraction of sp³-hybridized carbons (Fsp3) is 0.625. The van der Waals surface area contributed by atoms with Crippen molar-refractivity contribution in [2.75, 3.05) is 13.2 Å². The molecule has 306 valence electrons. The van der Waals surface area contributed by atoms with Crippen molar-refractivity contribution in [2.24, 2.45) is 17.8 Å². The molecule has 3 heterocycles. The summed E-state index contributed by atoms with van der Waals surface area (Å²) in [7, 11) is -3.93. The first-order chi connectivity index (χ1) is 26.4. The van der Waals surface area contributed by atoms with E-state index in [0.29, 0.717) is 42.9 Å². The van der Waals surface area contributed by atoms with Crippen molar-refractivity contribution in [3.05, 3.63) is 42.4 Å². The first-order valence-electron chi connectivity index (χ1n) is 19.7. The fourth-order valence-electron chi connectivity index (χ4n) is 7.82. The summed E-state index contributed by atoms with van der Waals surface area (Å²) in [5.41, 5.74) is -2.40. The molecule has 1 aromatic carbocycles. The molecule has 14 nitrogen and oxygen atoms in total. The standard InChI is InChI=1S/C40H54FN5O9S/c1-7-24-17-23(3)11-9-10-12-26-21-40(26,37(49)45-56(51,52)28-13-14-28)44-34(47)31-19-27(22-46(31)36(48)33(24)43-38(50)55-39(4,5)6)54-35-29-20-30(41)32(53-8-2)18-25(29)15-16-42-35/h10,12,15-16,18,20,23-24,26-28,31,33H,7-9,11,13-14,17,19,21-22H2,1-6H3,(H,43,50)(H,44,47)(H,45,49)/b12-10-/t23-,24+,26?,27+,31-,33-,40+/m0/s1. The highest BCUT2D eigenvalue weighted by molar-refractivity contribution is 7.91. The molecule has 1 unspecified atom stereocenters. The van der Waals surface area contributed by atoms with E-state index in [1.54, 1.807) is 39.8 Å². The van der Waals surface area contributed by atoms with Gasteiger partial charge >= 0.3 is 6.09 Å². The number of halogens is 1. The quantitative estimate of drug-likeness (QED) is 0.295. The summed E-state index contributed by atoms with van der Waals surface area (Å²) >= 11 is 0. The van der Waals surface area contributed by atoms with Gasteiger partial charge in [-0.3, -0.25) is 19.1 Å². The number of amides is 4. The van der Waals surface area contributed by atoms with Gasteiger partial charge in [-0.25, -0.2) is 22.6 Å². The van der Waals surface area contributed by atoms with Crippen LogP contribution in [-0.2, 0) is 29.1 Å². The Hall–Kier alpha value is -4.47. The van der Waals surface area contributed by atoms with E-state index < -0.39 is 80.2 Å². The molecule has 4 aliphatic rings.